The van der Waals surface area contributed by atoms with Gasteiger partial charge in [0.1, 0.15) is 11.5 Å². The average Bonchev–Trinajstić information content (AvgIpc) is 2.96. The van der Waals surface area contributed by atoms with Crippen molar-refractivity contribution in [3.63, 3.8) is 0 Å². The summed E-state index contributed by atoms with van der Waals surface area (Å²) in [5.74, 6) is 1.55. The fraction of sp³-hybridized carbons (Fsp3) is 0.0303. The van der Waals surface area contributed by atoms with Crippen molar-refractivity contribution in [2.45, 2.75) is 0 Å². The van der Waals surface area contributed by atoms with Crippen LogP contribution in [0.15, 0.2) is 146 Å². The number of nitrogens with zero attached hydrogens (tertiary/aromatic N) is 2. The standard InChI is InChI=1S/C33H28N2O2/c1-3-37-33-19-11-17-31(25-33)35(27-14-8-5-9-15-27)29-22-20-28(21-23-29)34(26-12-6-4-7-13-26)30-16-10-18-32(24-30)36-2/h3-25H,1H2,2H3. The molecule has 37 heavy (non-hydrogen) atoms. The van der Waals surface area contributed by atoms with E-state index in [2.05, 4.69) is 77.0 Å². The molecule has 0 heterocycles. The van der Waals surface area contributed by atoms with Gasteiger partial charge in [0.15, 0.2) is 0 Å². The van der Waals surface area contributed by atoms with E-state index in [1.54, 1.807) is 7.11 Å². The van der Waals surface area contributed by atoms with Gasteiger partial charge in [0.25, 0.3) is 0 Å². The Morgan fingerprint density at radius 1 is 0.486 bits per heavy atom. The van der Waals surface area contributed by atoms with Gasteiger partial charge in [-0.2, -0.15) is 0 Å². The molecule has 0 atom stereocenters. The summed E-state index contributed by atoms with van der Waals surface area (Å²) in [7, 11) is 1.69. The van der Waals surface area contributed by atoms with Crippen molar-refractivity contribution in [1.82, 2.24) is 0 Å². The third-order valence-electron chi connectivity index (χ3n) is 6.00. The van der Waals surface area contributed by atoms with Crippen molar-refractivity contribution < 1.29 is 9.47 Å². The van der Waals surface area contributed by atoms with Gasteiger partial charge in [0.05, 0.1) is 13.4 Å². The minimum atomic E-state index is 0.735. The maximum atomic E-state index is 5.56. The first kappa shape index (κ1) is 23.8. The van der Waals surface area contributed by atoms with Gasteiger partial charge in [-0.15, -0.1) is 0 Å². The molecule has 0 bridgehead atoms. The van der Waals surface area contributed by atoms with Gasteiger partial charge < -0.3 is 19.3 Å². The van der Waals surface area contributed by atoms with Crippen LogP contribution in [0.1, 0.15) is 0 Å². The Morgan fingerprint density at radius 2 is 0.892 bits per heavy atom. The predicted molar refractivity (Wildman–Crippen MR) is 153 cm³/mol. The predicted octanol–water partition coefficient (Wildman–Crippen LogP) is 9.16. The molecule has 4 heteroatoms. The SMILES string of the molecule is C=COc1cccc(N(c2ccccc2)c2ccc(N(c3ccccc3)c3cccc(OC)c3)cc2)c1. The number of rotatable bonds is 9. The fourth-order valence-electron chi connectivity index (χ4n) is 4.34. The van der Waals surface area contributed by atoms with E-state index in [4.69, 9.17) is 9.47 Å². The summed E-state index contributed by atoms with van der Waals surface area (Å²) in [5, 5.41) is 0. The number of anilines is 6. The van der Waals surface area contributed by atoms with Crippen LogP contribution in [0.3, 0.4) is 0 Å². The van der Waals surface area contributed by atoms with Gasteiger partial charge in [0, 0.05) is 46.3 Å². The summed E-state index contributed by atoms with van der Waals surface area (Å²) >= 11 is 0. The molecule has 0 saturated carbocycles. The summed E-state index contributed by atoms with van der Waals surface area (Å²) in [6, 6.07) is 45.3. The maximum absolute atomic E-state index is 5.56. The summed E-state index contributed by atoms with van der Waals surface area (Å²) < 4.78 is 11.1. The Hall–Kier alpha value is -4.96. The molecule has 5 aromatic rings. The molecule has 0 aromatic heterocycles. The molecule has 4 nitrogen and oxygen atoms in total. The average molecular weight is 485 g/mol. The topological polar surface area (TPSA) is 24.9 Å². The van der Waals surface area contributed by atoms with Crippen LogP contribution in [0.5, 0.6) is 11.5 Å². The van der Waals surface area contributed by atoms with Gasteiger partial charge >= 0.3 is 0 Å². The molecular weight excluding hydrogens is 456 g/mol. The lowest BCUT2D eigenvalue weighted by atomic mass is 10.1. The van der Waals surface area contributed by atoms with Crippen LogP contribution < -0.4 is 19.3 Å². The molecule has 0 unspecified atom stereocenters. The fourth-order valence-corrected chi connectivity index (χ4v) is 4.34. The van der Waals surface area contributed by atoms with Crippen molar-refractivity contribution in [3.05, 3.63) is 146 Å². The van der Waals surface area contributed by atoms with Crippen LogP contribution in [0.2, 0.25) is 0 Å². The van der Waals surface area contributed by atoms with E-state index in [-0.39, 0.29) is 0 Å². The highest BCUT2D eigenvalue weighted by atomic mass is 16.5. The molecule has 0 spiro atoms. The van der Waals surface area contributed by atoms with Crippen LogP contribution >= 0.6 is 0 Å². The second-order valence-electron chi connectivity index (χ2n) is 8.34. The van der Waals surface area contributed by atoms with Crippen LogP contribution in [0.4, 0.5) is 34.1 Å². The number of benzene rings is 5. The molecule has 5 rings (SSSR count). The third-order valence-corrected chi connectivity index (χ3v) is 6.00. The highest BCUT2D eigenvalue weighted by Crippen LogP contribution is 2.40. The van der Waals surface area contributed by atoms with E-state index < -0.39 is 0 Å². The van der Waals surface area contributed by atoms with Gasteiger partial charge in [0.2, 0.25) is 0 Å². The van der Waals surface area contributed by atoms with Crippen molar-refractivity contribution in [3.8, 4) is 11.5 Å². The number of para-hydroxylation sites is 2. The van der Waals surface area contributed by atoms with Crippen LogP contribution in [0, 0.1) is 0 Å². The Kier molecular flexibility index (Phi) is 7.19. The van der Waals surface area contributed by atoms with Crippen LogP contribution in [-0.4, -0.2) is 7.11 Å². The Bertz CT molecular complexity index is 1450. The molecule has 182 valence electrons. The zero-order valence-electron chi connectivity index (χ0n) is 20.7. The van der Waals surface area contributed by atoms with Crippen molar-refractivity contribution in [2.75, 3.05) is 16.9 Å². The van der Waals surface area contributed by atoms with E-state index in [1.807, 2.05) is 72.8 Å². The molecule has 0 fully saturated rings. The number of methoxy groups -OCH3 is 1. The normalized spacial score (nSPS) is 10.4. The van der Waals surface area contributed by atoms with E-state index in [1.165, 1.54) is 6.26 Å². The zero-order valence-corrected chi connectivity index (χ0v) is 20.7. The van der Waals surface area contributed by atoms with Crippen LogP contribution in [-0.2, 0) is 0 Å². The summed E-state index contributed by atoms with van der Waals surface area (Å²) in [6.45, 7) is 3.69. The lowest BCUT2D eigenvalue weighted by Crippen LogP contribution is -2.12. The minimum Gasteiger partial charge on any atom is -0.497 e. The Labute approximate surface area is 218 Å². The summed E-state index contributed by atoms with van der Waals surface area (Å²) in [5.41, 5.74) is 6.21. The molecule has 0 amide bonds. The number of hydrogen-bond donors (Lipinski definition) is 0. The second kappa shape index (κ2) is 11.2. The summed E-state index contributed by atoms with van der Waals surface area (Å²) in [4.78, 5) is 4.43. The number of ether oxygens (including phenoxy) is 2. The molecule has 5 aromatic carbocycles. The Morgan fingerprint density at radius 3 is 1.35 bits per heavy atom. The molecule has 0 aliphatic heterocycles. The first-order valence-electron chi connectivity index (χ1n) is 12.1. The maximum Gasteiger partial charge on any atom is 0.128 e. The largest absolute Gasteiger partial charge is 0.497 e. The smallest absolute Gasteiger partial charge is 0.128 e. The lowest BCUT2D eigenvalue weighted by molar-refractivity contribution is 0.415. The highest BCUT2D eigenvalue weighted by molar-refractivity contribution is 5.81. The van der Waals surface area contributed by atoms with E-state index in [0.29, 0.717) is 0 Å². The van der Waals surface area contributed by atoms with E-state index in [9.17, 15) is 0 Å². The molecule has 0 aliphatic rings. The Balaban J connectivity index is 1.58. The molecule has 0 radical (unpaired) electrons. The monoisotopic (exact) mass is 484 g/mol. The van der Waals surface area contributed by atoms with E-state index in [0.717, 1.165) is 45.6 Å². The first-order valence-corrected chi connectivity index (χ1v) is 12.1. The van der Waals surface area contributed by atoms with Crippen molar-refractivity contribution in [2.24, 2.45) is 0 Å². The molecule has 0 N–H and O–H groups in total. The van der Waals surface area contributed by atoms with Gasteiger partial charge in [-0.05, 0) is 72.8 Å². The van der Waals surface area contributed by atoms with Crippen molar-refractivity contribution >= 4 is 34.1 Å². The molecular formula is C33H28N2O2. The van der Waals surface area contributed by atoms with Gasteiger partial charge in [-0.3, -0.25) is 0 Å². The zero-order chi connectivity index (χ0) is 25.5. The second-order valence-corrected chi connectivity index (χ2v) is 8.34. The highest BCUT2D eigenvalue weighted by Gasteiger charge is 2.16. The first-order chi connectivity index (χ1) is 18.3. The van der Waals surface area contributed by atoms with E-state index >= 15 is 0 Å². The summed E-state index contributed by atoms with van der Waals surface area (Å²) in [6.07, 6.45) is 1.44. The quantitative estimate of drug-likeness (QED) is 0.195. The van der Waals surface area contributed by atoms with Crippen molar-refractivity contribution in [1.29, 1.82) is 0 Å². The molecule has 0 saturated heterocycles. The number of hydrogen-bond acceptors (Lipinski definition) is 4. The lowest BCUT2D eigenvalue weighted by Gasteiger charge is -2.28. The van der Waals surface area contributed by atoms with Crippen LogP contribution in [0.25, 0.3) is 0 Å². The minimum absolute atomic E-state index is 0.735. The van der Waals surface area contributed by atoms with Gasteiger partial charge in [-0.1, -0.05) is 55.1 Å². The van der Waals surface area contributed by atoms with Gasteiger partial charge in [-0.25, -0.2) is 0 Å². The molecule has 0 aliphatic carbocycles. The third kappa shape index (κ3) is 5.34.